The van der Waals surface area contributed by atoms with Crippen LogP contribution in [-0.2, 0) is 54.1 Å². The number of likely N-dealkylation sites (tertiary alicyclic amines) is 1. The maximum Gasteiger partial charge on any atom is 0.246 e. The average Bonchev–Trinajstić information content (AvgIpc) is 3.83. The van der Waals surface area contributed by atoms with Gasteiger partial charge in [0.1, 0.15) is 18.7 Å². The lowest BCUT2D eigenvalue weighted by molar-refractivity contribution is -0.144. The summed E-state index contributed by atoms with van der Waals surface area (Å²) >= 11 is 1.57. The highest BCUT2D eigenvalue weighted by Crippen LogP contribution is 2.28. The molecule has 4 N–H and O–H groups in total. The molecule has 0 unspecified atom stereocenters. The molecule has 3 amide bonds. The number of nitrogens with zero attached hydrogens (tertiary/aromatic N) is 2. The number of halogens is 1. The van der Waals surface area contributed by atoms with Crippen molar-refractivity contribution in [3.8, 4) is 10.4 Å². The first-order valence-electron chi connectivity index (χ1n) is 20.4. The first-order valence-corrected chi connectivity index (χ1v) is 21.2. The molecule has 0 spiro atoms. The predicted molar refractivity (Wildman–Crippen MR) is 226 cm³/mol. The number of thiazole rings is 1. The van der Waals surface area contributed by atoms with Crippen LogP contribution in [0, 0.1) is 12.3 Å². The van der Waals surface area contributed by atoms with Crippen molar-refractivity contribution in [2.75, 3.05) is 106 Å². The van der Waals surface area contributed by atoms with Gasteiger partial charge in [0.25, 0.3) is 0 Å². The van der Waals surface area contributed by atoms with Gasteiger partial charge in [-0.1, -0.05) is 45.0 Å². The van der Waals surface area contributed by atoms with Crippen molar-refractivity contribution in [1.29, 1.82) is 0 Å². The quantitative estimate of drug-likeness (QED) is 0.0961. The lowest BCUT2D eigenvalue weighted by atomic mass is 9.85. The van der Waals surface area contributed by atoms with Gasteiger partial charge in [0.15, 0.2) is 0 Å². The van der Waals surface area contributed by atoms with Crippen molar-refractivity contribution >= 4 is 41.5 Å². The summed E-state index contributed by atoms with van der Waals surface area (Å²) in [5, 5.41) is 19.5. The molecular formula is C41H66ClN5O11S. The van der Waals surface area contributed by atoms with Gasteiger partial charge in [-0.2, -0.15) is 0 Å². The number of aryl methyl sites for hydroxylation is 1. The number of aromatic nitrogens is 1. The molecule has 18 heteroatoms. The van der Waals surface area contributed by atoms with E-state index in [4.69, 9.17) is 33.2 Å². The molecule has 1 aromatic heterocycles. The highest BCUT2D eigenvalue weighted by atomic mass is 35.5. The number of carbonyl (C=O) groups excluding carboxylic acids is 3. The van der Waals surface area contributed by atoms with E-state index in [0.29, 0.717) is 72.2 Å². The maximum atomic E-state index is 13.8. The number of β-amino-alcohol motifs (C(OH)–C–C–N with tert-alkyl or cyclic N) is 1. The standard InChI is InChI=1S/C41H65N5O11S.ClH/c1-30-37(58-29-44-30)32-7-5-31(6-8-32)26-43-39(49)35-25-33(47)27-46(35)40(50)38(41(2,3)4)45-36(48)28-56-22-21-54-18-17-52-14-13-51-15-16-53-19-20-55-23-24-57-34-9-11-42-12-10-34;/h5-8,29,33-35,38,42,47H,9-28H2,1-4H3,(H,43,49)(H,45,48);1H/t33-,35+,38-;/m1./s1. The van der Waals surface area contributed by atoms with Crippen LogP contribution in [0.2, 0.25) is 0 Å². The van der Waals surface area contributed by atoms with Gasteiger partial charge in [0.05, 0.1) is 108 Å². The Kier molecular flexibility index (Phi) is 23.9. The number of aliphatic hydroxyl groups excluding tert-OH is 1. The number of aliphatic hydroxyl groups is 1. The van der Waals surface area contributed by atoms with Crippen molar-refractivity contribution in [3.63, 3.8) is 0 Å². The summed E-state index contributed by atoms with van der Waals surface area (Å²) in [5.74, 6) is -1.27. The van der Waals surface area contributed by atoms with Gasteiger partial charge in [-0.25, -0.2) is 4.98 Å². The molecule has 0 bridgehead atoms. The minimum atomic E-state index is -0.948. The van der Waals surface area contributed by atoms with Crippen molar-refractivity contribution in [3.05, 3.63) is 41.0 Å². The molecule has 1 aromatic carbocycles. The van der Waals surface area contributed by atoms with Crippen LogP contribution < -0.4 is 16.0 Å². The van der Waals surface area contributed by atoms with E-state index in [1.165, 1.54) is 4.90 Å². The van der Waals surface area contributed by atoms with E-state index in [1.807, 2.05) is 57.5 Å². The third-order valence-electron chi connectivity index (χ3n) is 9.67. The van der Waals surface area contributed by atoms with Gasteiger partial charge in [-0.15, -0.1) is 23.7 Å². The van der Waals surface area contributed by atoms with Crippen molar-refractivity contribution in [2.45, 2.75) is 77.8 Å². The minimum absolute atomic E-state index is 0. The Bertz CT molecular complexity index is 1490. The second kappa shape index (κ2) is 27.9. The number of carbonyl (C=O) groups is 3. The van der Waals surface area contributed by atoms with Gasteiger partial charge in [-0.05, 0) is 49.4 Å². The second-order valence-corrected chi connectivity index (χ2v) is 16.2. The van der Waals surface area contributed by atoms with Gasteiger partial charge >= 0.3 is 0 Å². The Hall–Kier alpha value is -2.81. The van der Waals surface area contributed by atoms with E-state index < -0.39 is 35.4 Å². The predicted octanol–water partition coefficient (Wildman–Crippen LogP) is 2.52. The zero-order valence-corrected chi connectivity index (χ0v) is 36.7. The normalized spacial score (nSPS) is 17.7. The van der Waals surface area contributed by atoms with E-state index in [0.717, 1.165) is 47.6 Å². The first kappa shape index (κ1) is 50.5. The summed E-state index contributed by atoms with van der Waals surface area (Å²) < 4.78 is 38.9. The van der Waals surface area contributed by atoms with E-state index in [1.54, 1.807) is 11.3 Å². The molecule has 0 radical (unpaired) electrons. The van der Waals surface area contributed by atoms with Gasteiger partial charge < -0.3 is 59.1 Å². The number of amides is 3. The molecule has 2 saturated heterocycles. The smallest absolute Gasteiger partial charge is 0.246 e. The Labute approximate surface area is 359 Å². The molecule has 0 aliphatic carbocycles. The number of benzene rings is 1. The molecule has 0 saturated carbocycles. The fourth-order valence-electron chi connectivity index (χ4n) is 6.48. The van der Waals surface area contributed by atoms with Gasteiger partial charge in [-0.3, -0.25) is 14.4 Å². The summed E-state index contributed by atoms with van der Waals surface area (Å²) in [6.45, 7) is 14.7. The highest BCUT2D eigenvalue weighted by Gasteiger charge is 2.44. The molecule has 2 aliphatic heterocycles. The molecule has 3 heterocycles. The Morgan fingerprint density at radius 3 is 1.93 bits per heavy atom. The largest absolute Gasteiger partial charge is 0.391 e. The molecule has 59 heavy (non-hydrogen) atoms. The van der Waals surface area contributed by atoms with Crippen molar-refractivity contribution in [2.24, 2.45) is 5.41 Å². The van der Waals surface area contributed by atoms with Crippen molar-refractivity contribution in [1.82, 2.24) is 25.8 Å². The number of hydrogen-bond acceptors (Lipinski definition) is 14. The van der Waals surface area contributed by atoms with Crippen LogP contribution in [0.15, 0.2) is 29.8 Å². The number of piperidine rings is 1. The SMILES string of the molecule is Cc1ncsc1-c1ccc(CNC(=O)[C@@H]2C[C@@H](O)CN2C(=O)[C@@H](NC(=O)COCCOCCOCCOCCOCCOCCOC2CCNCC2)C(C)(C)C)cc1.Cl. The lowest BCUT2D eigenvalue weighted by Gasteiger charge is -2.35. The number of rotatable bonds is 27. The fraction of sp³-hybridized carbons (Fsp3) is 0.707. The Balaban J connectivity index is 0.00000930. The zero-order chi connectivity index (χ0) is 41.6. The Morgan fingerprint density at radius 1 is 0.864 bits per heavy atom. The van der Waals surface area contributed by atoms with Crippen LogP contribution in [0.3, 0.4) is 0 Å². The third-order valence-corrected chi connectivity index (χ3v) is 10.6. The van der Waals surface area contributed by atoms with Crippen LogP contribution in [0.4, 0.5) is 0 Å². The van der Waals surface area contributed by atoms with Crippen LogP contribution in [0.25, 0.3) is 10.4 Å². The van der Waals surface area contributed by atoms with Crippen LogP contribution >= 0.6 is 23.7 Å². The van der Waals surface area contributed by atoms with E-state index in [2.05, 4.69) is 20.9 Å². The minimum Gasteiger partial charge on any atom is -0.391 e. The molecule has 2 fully saturated rings. The second-order valence-electron chi connectivity index (χ2n) is 15.4. The lowest BCUT2D eigenvalue weighted by Crippen LogP contribution is -2.58. The molecule has 3 atom stereocenters. The molecular weight excluding hydrogens is 806 g/mol. The maximum absolute atomic E-state index is 13.8. The monoisotopic (exact) mass is 871 g/mol. The average molecular weight is 873 g/mol. The molecule has 4 rings (SSSR count). The number of hydrogen-bond donors (Lipinski definition) is 4. The van der Waals surface area contributed by atoms with E-state index in [9.17, 15) is 19.5 Å². The third kappa shape index (κ3) is 18.8. The van der Waals surface area contributed by atoms with E-state index >= 15 is 0 Å². The van der Waals surface area contributed by atoms with Gasteiger partial charge in [0, 0.05) is 19.5 Å². The summed E-state index contributed by atoms with van der Waals surface area (Å²) in [7, 11) is 0. The molecule has 16 nitrogen and oxygen atoms in total. The number of nitrogens with one attached hydrogen (secondary N) is 3. The topological polar surface area (TPSA) is 188 Å². The molecule has 334 valence electrons. The van der Waals surface area contributed by atoms with Crippen LogP contribution in [0.5, 0.6) is 0 Å². The van der Waals surface area contributed by atoms with Crippen molar-refractivity contribution < 1.29 is 52.6 Å². The van der Waals surface area contributed by atoms with Crippen LogP contribution in [-0.4, -0.2) is 163 Å². The summed E-state index contributed by atoms with van der Waals surface area (Å²) in [6.07, 6.45) is 1.70. The molecule has 2 aliphatic rings. The van der Waals surface area contributed by atoms with Gasteiger partial charge in [0.2, 0.25) is 17.7 Å². The first-order chi connectivity index (χ1) is 28.0. The molecule has 2 aromatic rings. The highest BCUT2D eigenvalue weighted by molar-refractivity contribution is 7.13. The Morgan fingerprint density at radius 2 is 1.41 bits per heavy atom. The summed E-state index contributed by atoms with van der Waals surface area (Å²) in [6, 6.07) is 6.05. The fourth-order valence-corrected chi connectivity index (χ4v) is 7.29. The van der Waals surface area contributed by atoms with E-state index in [-0.39, 0.29) is 57.6 Å². The zero-order valence-electron chi connectivity index (χ0n) is 35.1. The summed E-state index contributed by atoms with van der Waals surface area (Å²) in [5.41, 5.74) is 4.05. The number of ether oxygens (including phenoxy) is 7. The summed E-state index contributed by atoms with van der Waals surface area (Å²) in [4.78, 5) is 46.8. The van der Waals surface area contributed by atoms with Crippen LogP contribution in [0.1, 0.15) is 51.3 Å².